The fraction of sp³-hybridized carbons (Fsp3) is 0.300. The first-order valence-corrected chi connectivity index (χ1v) is 7.04. The van der Waals surface area contributed by atoms with E-state index in [1.807, 2.05) is 30.3 Å². The van der Waals surface area contributed by atoms with Gasteiger partial charge in [-0.15, -0.1) is 0 Å². The molecule has 0 aromatic heterocycles. The van der Waals surface area contributed by atoms with E-state index in [9.17, 15) is 4.79 Å². The number of carboxylic acids is 1. The fourth-order valence-electron chi connectivity index (χ4n) is 0.812. The van der Waals surface area contributed by atoms with Crippen molar-refractivity contribution in [1.29, 1.82) is 0 Å². The molecule has 4 heteroatoms. The Labute approximate surface area is 93.4 Å². The number of rotatable bonds is 4. The van der Waals surface area contributed by atoms with Gasteiger partial charge in [0.15, 0.2) is 0 Å². The molecular formula is C10H13NO2Te. The van der Waals surface area contributed by atoms with Gasteiger partial charge in [-0.1, -0.05) is 0 Å². The van der Waals surface area contributed by atoms with Gasteiger partial charge in [0, 0.05) is 0 Å². The van der Waals surface area contributed by atoms with Crippen LogP contribution in [-0.4, -0.2) is 37.5 Å². The average Bonchev–Trinajstić information content (AvgIpc) is 2.16. The van der Waals surface area contributed by atoms with Crippen molar-refractivity contribution in [3.63, 3.8) is 0 Å². The molecule has 0 radical (unpaired) electrons. The molecule has 1 aromatic carbocycles. The predicted octanol–water partition coefficient (Wildman–Crippen LogP) is 0.236. The van der Waals surface area contributed by atoms with Crippen LogP contribution < -0.4 is 9.35 Å². The summed E-state index contributed by atoms with van der Waals surface area (Å²) >= 11 is -0.484. The molecule has 0 bridgehead atoms. The molecule has 0 saturated carbocycles. The van der Waals surface area contributed by atoms with Crippen LogP contribution in [0.4, 0.5) is 0 Å². The van der Waals surface area contributed by atoms with Crippen LogP contribution in [0.3, 0.4) is 0 Å². The molecule has 1 unspecified atom stereocenters. The Balaban J connectivity index is 2.53. The van der Waals surface area contributed by atoms with Crippen molar-refractivity contribution in [2.24, 2.45) is 5.73 Å². The number of benzene rings is 1. The molecule has 0 aliphatic carbocycles. The van der Waals surface area contributed by atoms with Crippen LogP contribution in [-0.2, 0) is 4.79 Å². The summed E-state index contributed by atoms with van der Waals surface area (Å²) in [5.41, 5.74) is 4.57. The van der Waals surface area contributed by atoms with Crippen molar-refractivity contribution >= 4 is 30.5 Å². The summed E-state index contributed by atoms with van der Waals surface area (Å²) in [5.74, 6) is -0.918. The van der Waals surface area contributed by atoms with Crippen LogP contribution in [0.2, 0.25) is 4.47 Å². The molecule has 0 spiro atoms. The van der Waals surface area contributed by atoms with E-state index in [0.29, 0.717) is 4.47 Å². The Bertz CT molecular complexity index is 311. The molecule has 14 heavy (non-hydrogen) atoms. The van der Waals surface area contributed by atoms with E-state index in [0.717, 1.165) is 0 Å². The van der Waals surface area contributed by atoms with Gasteiger partial charge >= 0.3 is 93.4 Å². The molecule has 76 valence electrons. The summed E-state index contributed by atoms with van der Waals surface area (Å²) < 4.78 is 1.83. The molecule has 0 aliphatic heterocycles. The predicted molar refractivity (Wildman–Crippen MR) is 56.9 cm³/mol. The summed E-state index contributed by atoms with van der Waals surface area (Å²) in [4.78, 5) is 10.7. The number of hydrogen-bond acceptors (Lipinski definition) is 2. The monoisotopic (exact) mass is 309 g/mol. The Morgan fingerprint density at radius 1 is 1.50 bits per heavy atom. The summed E-state index contributed by atoms with van der Waals surface area (Å²) in [6, 6.07) is 9.94. The molecule has 1 atom stereocenters. The van der Waals surface area contributed by atoms with Crippen molar-refractivity contribution in [3.8, 4) is 0 Å². The van der Waals surface area contributed by atoms with Gasteiger partial charge in [-0.25, -0.2) is 0 Å². The van der Waals surface area contributed by atoms with E-state index in [2.05, 4.69) is 0 Å². The zero-order valence-electron chi connectivity index (χ0n) is 7.93. The first kappa shape index (κ1) is 11.5. The van der Waals surface area contributed by atoms with Gasteiger partial charge in [0.05, 0.1) is 0 Å². The Morgan fingerprint density at radius 2 is 2.07 bits per heavy atom. The van der Waals surface area contributed by atoms with Gasteiger partial charge in [0.1, 0.15) is 0 Å². The Morgan fingerprint density at radius 3 is 2.57 bits per heavy atom. The minimum atomic E-state index is -1.07. The van der Waals surface area contributed by atoms with Crippen LogP contribution in [0.1, 0.15) is 6.92 Å². The molecule has 0 saturated heterocycles. The third kappa shape index (κ3) is 3.30. The SMILES string of the molecule is CC(N)(C[Te]c1ccccc1)C(=O)O. The first-order chi connectivity index (χ1) is 6.52. The first-order valence-electron chi connectivity index (χ1n) is 4.22. The molecule has 0 heterocycles. The molecule has 3 N–H and O–H groups in total. The van der Waals surface area contributed by atoms with Crippen LogP contribution in [0.5, 0.6) is 0 Å². The number of carboxylic acid groups (broad SMARTS) is 1. The van der Waals surface area contributed by atoms with Gasteiger partial charge < -0.3 is 0 Å². The maximum absolute atomic E-state index is 10.7. The van der Waals surface area contributed by atoms with Gasteiger partial charge in [0.25, 0.3) is 0 Å². The molecule has 0 amide bonds. The van der Waals surface area contributed by atoms with Crippen molar-refractivity contribution < 1.29 is 9.90 Å². The molecule has 3 nitrogen and oxygen atoms in total. The number of carbonyl (C=O) groups is 1. The van der Waals surface area contributed by atoms with Gasteiger partial charge in [-0.2, -0.15) is 0 Å². The fourth-order valence-corrected chi connectivity index (χ4v) is 3.49. The molecule has 1 aromatic rings. The summed E-state index contributed by atoms with van der Waals surface area (Å²) in [6.07, 6.45) is 0. The zero-order chi connectivity index (χ0) is 10.6. The topological polar surface area (TPSA) is 63.3 Å². The van der Waals surface area contributed by atoms with E-state index in [4.69, 9.17) is 10.8 Å². The van der Waals surface area contributed by atoms with Gasteiger partial charge in [-0.3, -0.25) is 0 Å². The van der Waals surface area contributed by atoms with E-state index < -0.39 is 32.4 Å². The minimum absolute atomic E-state index is 0.484. The van der Waals surface area contributed by atoms with E-state index in [1.165, 1.54) is 3.61 Å². The summed E-state index contributed by atoms with van der Waals surface area (Å²) in [6.45, 7) is 1.57. The number of hydrogen-bond donors (Lipinski definition) is 2. The Kier molecular flexibility index (Phi) is 3.94. The quantitative estimate of drug-likeness (QED) is 0.783. The second kappa shape index (κ2) is 4.79. The van der Waals surface area contributed by atoms with Crippen molar-refractivity contribution in [2.75, 3.05) is 0 Å². The number of aliphatic carboxylic acids is 1. The van der Waals surface area contributed by atoms with E-state index >= 15 is 0 Å². The third-order valence-electron chi connectivity index (χ3n) is 1.77. The Hall–Kier alpha value is -0.560. The zero-order valence-corrected chi connectivity index (χ0v) is 10.3. The maximum atomic E-state index is 10.7. The average molecular weight is 307 g/mol. The van der Waals surface area contributed by atoms with Crippen molar-refractivity contribution in [1.82, 2.24) is 0 Å². The van der Waals surface area contributed by atoms with Gasteiger partial charge in [0.2, 0.25) is 0 Å². The van der Waals surface area contributed by atoms with Crippen molar-refractivity contribution in [2.45, 2.75) is 16.9 Å². The van der Waals surface area contributed by atoms with Crippen LogP contribution in [0.25, 0.3) is 0 Å². The molecule has 0 aliphatic rings. The molecular weight excluding hydrogens is 294 g/mol. The summed E-state index contributed by atoms with van der Waals surface area (Å²) in [7, 11) is 0. The van der Waals surface area contributed by atoms with Gasteiger partial charge in [-0.05, 0) is 0 Å². The van der Waals surface area contributed by atoms with E-state index in [-0.39, 0.29) is 0 Å². The standard InChI is InChI=1S/C10H13NO2Te/c1-10(11,9(12)13)7-14-8-5-3-2-4-6-8/h2-6H,7,11H2,1H3,(H,12,13). The normalized spacial score (nSPS) is 14.7. The van der Waals surface area contributed by atoms with Crippen molar-refractivity contribution in [3.05, 3.63) is 30.3 Å². The second-order valence-corrected chi connectivity index (χ2v) is 6.32. The van der Waals surface area contributed by atoms with Crippen LogP contribution in [0, 0.1) is 0 Å². The third-order valence-corrected chi connectivity index (χ3v) is 5.62. The van der Waals surface area contributed by atoms with Crippen LogP contribution in [0.15, 0.2) is 30.3 Å². The second-order valence-electron chi connectivity index (χ2n) is 3.32. The van der Waals surface area contributed by atoms with E-state index in [1.54, 1.807) is 6.92 Å². The summed E-state index contributed by atoms with van der Waals surface area (Å²) in [5, 5.41) is 8.82. The van der Waals surface area contributed by atoms with Crippen LogP contribution >= 0.6 is 0 Å². The molecule has 1 rings (SSSR count). The number of nitrogens with two attached hydrogens (primary N) is 1. The molecule has 0 fully saturated rings.